The first-order valence-electron chi connectivity index (χ1n) is 11.7. The second kappa shape index (κ2) is 9.62. The van der Waals surface area contributed by atoms with Gasteiger partial charge in [-0.15, -0.1) is 0 Å². The van der Waals surface area contributed by atoms with Crippen molar-refractivity contribution in [1.82, 2.24) is 4.90 Å². The SMILES string of the molecule is O=C(O)CC1CN(C(=O)Cc2ccc(NC(=O)OCC3c4ccccc4-c4ccccc43)cc2)C1. The smallest absolute Gasteiger partial charge is 0.411 e. The molecule has 1 saturated heterocycles. The Morgan fingerprint density at radius 2 is 1.49 bits per heavy atom. The molecule has 178 valence electrons. The summed E-state index contributed by atoms with van der Waals surface area (Å²) in [6, 6.07) is 23.5. The van der Waals surface area contributed by atoms with Crippen molar-refractivity contribution in [3.63, 3.8) is 0 Å². The van der Waals surface area contributed by atoms with Crippen molar-refractivity contribution >= 4 is 23.7 Å². The largest absolute Gasteiger partial charge is 0.481 e. The number of aliphatic carboxylic acids is 1. The minimum atomic E-state index is -0.832. The van der Waals surface area contributed by atoms with E-state index in [4.69, 9.17) is 9.84 Å². The van der Waals surface area contributed by atoms with Crippen molar-refractivity contribution in [3.8, 4) is 11.1 Å². The highest BCUT2D eigenvalue weighted by atomic mass is 16.5. The van der Waals surface area contributed by atoms with Crippen LogP contribution in [0.4, 0.5) is 10.5 Å². The molecule has 0 bridgehead atoms. The van der Waals surface area contributed by atoms with Crippen LogP contribution < -0.4 is 5.32 Å². The molecule has 1 aliphatic heterocycles. The highest BCUT2D eigenvalue weighted by Gasteiger charge is 2.32. The van der Waals surface area contributed by atoms with Gasteiger partial charge in [0.05, 0.1) is 12.8 Å². The first kappa shape index (κ1) is 22.7. The van der Waals surface area contributed by atoms with E-state index >= 15 is 0 Å². The number of amides is 2. The Kier molecular flexibility index (Phi) is 6.23. The van der Waals surface area contributed by atoms with E-state index in [0.717, 1.165) is 16.7 Å². The van der Waals surface area contributed by atoms with Crippen LogP contribution >= 0.6 is 0 Å². The quantitative estimate of drug-likeness (QED) is 0.529. The number of carboxylic acids is 1. The zero-order chi connectivity index (χ0) is 24.4. The lowest BCUT2D eigenvalue weighted by Crippen LogP contribution is -2.51. The number of carbonyl (C=O) groups excluding carboxylic acids is 2. The van der Waals surface area contributed by atoms with Gasteiger partial charge in [-0.2, -0.15) is 0 Å². The fourth-order valence-corrected chi connectivity index (χ4v) is 4.89. The van der Waals surface area contributed by atoms with Crippen LogP contribution in [-0.2, 0) is 20.7 Å². The van der Waals surface area contributed by atoms with Crippen molar-refractivity contribution in [2.24, 2.45) is 5.92 Å². The Morgan fingerprint density at radius 3 is 2.09 bits per heavy atom. The Labute approximate surface area is 203 Å². The van der Waals surface area contributed by atoms with Crippen molar-refractivity contribution in [2.45, 2.75) is 18.8 Å². The summed E-state index contributed by atoms with van der Waals surface area (Å²) >= 11 is 0. The fourth-order valence-electron chi connectivity index (χ4n) is 4.89. The van der Waals surface area contributed by atoms with Gasteiger partial charge in [0, 0.05) is 30.6 Å². The van der Waals surface area contributed by atoms with Gasteiger partial charge in [0.15, 0.2) is 0 Å². The highest BCUT2D eigenvalue weighted by Crippen LogP contribution is 2.44. The molecular formula is C28H26N2O5. The van der Waals surface area contributed by atoms with E-state index in [9.17, 15) is 14.4 Å². The number of likely N-dealkylation sites (tertiary alicyclic amines) is 1. The molecule has 3 aromatic rings. The monoisotopic (exact) mass is 470 g/mol. The molecule has 0 aromatic heterocycles. The van der Waals surface area contributed by atoms with Gasteiger partial charge in [-0.25, -0.2) is 4.79 Å². The van der Waals surface area contributed by atoms with Gasteiger partial charge in [0.2, 0.25) is 5.91 Å². The van der Waals surface area contributed by atoms with Crippen LogP contribution in [0.15, 0.2) is 72.8 Å². The number of nitrogens with zero attached hydrogens (tertiary/aromatic N) is 1. The molecule has 35 heavy (non-hydrogen) atoms. The zero-order valence-electron chi connectivity index (χ0n) is 19.1. The zero-order valence-corrected chi connectivity index (χ0v) is 19.1. The van der Waals surface area contributed by atoms with Crippen LogP contribution in [0, 0.1) is 5.92 Å². The molecule has 0 saturated carbocycles. The summed E-state index contributed by atoms with van der Waals surface area (Å²) in [5.41, 5.74) is 6.09. The predicted octanol–water partition coefficient (Wildman–Crippen LogP) is 4.52. The van der Waals surface area contributed by atoms with E-state index in [-0.39, 0.29) is 37.2 Å². The Morgan fingerprint density at radius 1 is 0.886 bits per heavy atom. The minimum Gasteiger partial charge on any atom is -0.481 e. The number of carboxylic acid groups (broad SMARTS) is 1. The van der Waals surface area contributed by atoms with Crippen LogP contribution in [0.2, 0.25) is 0 Å². The molecule has 2 amide bonds. The lowest BCUT2D eigenvalue weighted by atomic mass is 9.95. The molecule has 0 radical (unpaired) electrons. The van der Waals surface area contributed by atoms with E-state index in [1.54, 1.807) is 29.2 Å². The summed E-state index contributed by atoms with van der Waals surface area (Å²) in [6.07, 6.45) is -0.189. The number of anilines is 1. The van der Waals surface area contributed by atoms with Crippen LogP contribution in [-0.4, -0.2) is 47.7 Å². The molecule has 1 fully saturated rings. The molecule has 0 unspecified atom stereocenters. The van der Waals surface area contributed by atoms with E-state index in [2.05, 4.69) is 29.6 Å². The van der Waals surface area contributed by atoms with Gasteiger partial charge in [0.25, 0.3) is 0 Å². The molecule has 7 nitrogen and oxygen atoms in total. The predicted molar refractivity (Wildman–Crippen MR) is 131 cm³/mol. The maximum absolute atomic E-state index is 12.5. The van der Waals surface area contributed by atoms with Crippen molar-refractivity contribution in [1.29, 1.82) is 0 Å². The molecular weight excluding hydrogens is 444 g/mol. The van der Waals surface area contributed by atoms with E-state index < -0.39 is 12.1 Å². The van der Waals surface area contributed by atoms with Gasteiger partial charge in [-0.1, -0.05) is 60.7 Å². The summed E-state index contributed by atoms with van der Waals surface area (Å²) < 4.78 is 5.58. The third-order valence-electron chi connectivity index (χ3n) is 6.67. The fraction of sp³-hybridized carbons (Fsp3) is 0.250. The van der Waals surface area contributed by atoms with Crippen LogP contribution in [0.5, 0.6) is 0 Å². The number of hydrogen-bond donors (Lipinski definition) is 2. The second-order valence-corrected chi connectivity index (χ2v) is 9.09. The molecule has 3 aromatic carbocycles. The van der Waals surface area contributed by atoms with Crippen molar-refractivity contribution in [2.75, 3.05) is 25.0 Å². The molecule has 2 aliphatic rings. The Balaban J connectivity index is 1.12. The lowest BCUT2D eigenvalue weighted by molar-refractivity contribution is -0.144. The van der Waals surface area contributed by atoms with Crippen LogP contribution in [0.3, 0.4) is 0 Å². The third-order valence-corrected chi connectivity index (χ3v) is 6.67. The number of nitrogens with one attached hydrogen (secondary N) is 1. The highest BCUT2D eigenvalue weighted by molar-refractivity contribution is 5.85. The molecule has 5 rings (SSSR count). The summed E-state index contributed by atoms with van der Waals surface area (Å²) in [6.45, 7) is 1.23. The van der Waals surface area contributed by atoms with Crippen LogP contribution in [0.25, 0.3) is 11.1 Å². The molecule has 7 heteroatoms. The number of ether oxygens (including phenoxy) is 1. The molecule has 0 spiro atoms. The van der Waals surface area contributed by atoms with Gasteiger partial charge in [-0.05, 0) is 39.9 Å². The van der Waals surface area contributed by atoms with E-state index in [1.807, 2.05) is 24.3 Å². The number of hydrogen-bond acceptors (Lipinski definition) is 4. The maximum atomic E-state index is 12.5. The molecule has 1 aliphatic carbocycles. The van der Waals surface area contributed by atoms with Crippen molar-refractivity contribution in [3.05, 3.63) is 89.5 Å². The topological polar surface area (TPSA) is 95.9 Å². The Bertz CT molecular complexity index is 1220. The first-order valence-corrected chi connectivity index (χ1v) is 11.7. The molecule has 0 atom stereocenters. The van der Waals surface area contributed by atoms with Gasteiger partial charge in [0.1, 0.15) is 6.61 Å². The number of rotatable bonds is 7. The average Bonchev–Trinajstić information content (AvgIpc) is 3.14. The average molecular weight is 471 g/mol. The van der Waals surface area contributed by atoms with E-state index in [0.29, 0.717) is 18.8 Å². The second-order valence-electron chi connectivity index (χ2n) is 9.09. The van der Waals surface area contributed by atoms with Gasteiger partial charge < -0.3 is 14.7 Å². The maximum Gasteiger partial charge on any atom is 0.411 e. The Hall–Kier alpha value is -4.13. The van der Waals surface area contributed by atoms with Crippen molar-refractivity contribution < 1.29 is 24.2 Å². The normalized spacial score (nSPS) is 14.6. The van der Waals surface area contributed by atoms with Gasteiger partial charge in [-0.3, -0.25) is 14.9 Å². The van der Waals surface area contributed by atoms with Gasteiger partial charge >= 0.3 is 12.1 Å². The molecule has 2 N–H and O–H groups in total. The van der Waals surface area contributed by atoms with Crippen LogP contribution in [0.1, 0.15) is 29.0 Å². The molecule has 1 heterocycles. The number of benzene rings is 3. The lowest BCUT2D eigenvalue weighted by Gasteiger charge is -2.38. The first-order chi connectivity index (χ1) is 17.0. The summed E-state index contributed by atoms with van der Waals surface area (Å²) in [4.78, 5) is 37.2. The summed E-state index contributed by atoms with van der Waals surface area (Å²) in [5.74, 6) is -0.816. The summed E-state index contributed by atoms with van der Waals surface area (Å²) in [7, 11) is 0. The standard InChI is InChI=1S/C28H26N2O5/c31-26(30-15-19(16-30)14-27(32)33)13-18-9-11-20(12-10-18)29-28(34)35-17-25-23-7-3-1-5-21(23)22-6-2-4-8-24(22)25/h1-12,19,25H,13-17H2,(H,29,34)(H,32,33). The number of carbonyl (C=O) groups is 3. The number of fused-ring (bicyclic) bond motifs is 3. The third kappa shape index (κ3) is 4.89. The minimum absolute atomic E-state index is 0.00172. The van der Waals surface area contributed by atoms with E-state index in [1.165, 1.54) is 11.1 Å². The summed E-state index contributed by atoms with van der Waals surface area (Å²) in [5, 5.41) is 11.6.